The summed E-state index contributed by atoms with van der Waals surface area (Å²) < 4.78 is 43.1. The fourth-order valence-electron chi connectivity index (χ4n) is 4.59. The van der Waals surface area contributed by atoms with Crippen LogP contribution in [0.5, 0.6) is 5.88 Å². The van der Waals surface area contributed by atoms with Crippen molar-refractivity contribution in [2.24, 2.45) is 16.0 Å². The van der Waals surface area contributed by atoms with E-state index in [1.54, 1.807) is 48.5 Å². The molecule has 0 aliphatic rings. The predicted molar refractivity (Wildman–Crippen MR) is 177 cm³/mol. The average molecular weight is 675 g/mol. The molecule has 49 heavy (non-hydrogen) atoms. The van der Waals surface area contributed by atoms with E-state index in [1.807, 2.05) is 48.6 Å². The van der Waals surface area contributed by atoms with Gasteiger partial charge in [-0.2, -0.15) is 33.4 Å². The van der Waals surface area contributed by atoms with Crippen molar-refractivity contribution in [3.8, 4) is 5.88 Å². The number of anilines is 2. The quantitative estimate of drug-likeness (QED) is 0.0878. The maximum Gasteiger partial charge on any atom is 0.471 e. The van der Waals surface area contributed by atoms with Crippen LogP contribution in [0, 0.1) is 0 Å². The number of imidazole rings is 1. The number of aromatic nitrogens is 4. The molecular weight excluding hydrogens is 641 g/mol. The van der Waals surface area contributed by atoms with E-state index in [4.69, 9.17) is 16.2 Å². The number of ketones is 1. The molecule has 1 unspecified atom stereocenters. The van der Waals surface area contributed by atoms with Gasteiger partial charge in [-0.15, -0.1) is 0 Å². The number of amides is 1. The van der Waals surface area contributed by atoms with Gasteiger partial charge in [0.2, 0.25) is 11.8 Å². The first-order chi connectivity index (χ1) is 23.4. The zero-order valence-corrected chi connectivity index (χ0v) is 26.5. The fraction of sp³-hybridized carbons (Fsp3) is 0.242. The van der Waals surface area contributed by atoms with Crippen LogP contribution in [-0.4, -0.2) is 51.9 Å². The van der Waals surface area contributed by atoms with Gasteiger partial charge in [0, 0.05) is 38.3 Å². The number of rotatable bonds is 13. The number of ether oxygens (including phenoxy) is 1. The summed E-state index contributed by atoms with van der Waals surface area (Å²) in [5.41, 5.74) is 16.9. The second-order valence-corrected chi connectivity index (χ2v) is 11.2. The van der Waals surface area contributed by atoms with Crippen LogP contribution in [0.25, 0.3) is 11.2 Å². The molecule has 1 amide bonds. The van der Waals surface area contributed by atoms with Gasteiger partial charge in [-0.3, -0.25) is 9.59 Å². The van der Waals surface area contributed by atoms with Crippen molar-refractivity contribution in [2.75, 3.05) is 24.7 Å². The number of fused-ring (bicyclic) bond motifs is 1. The van der Waals surface area contributed by atoms with Crippen molar-refractivity contribution < 1.29 is 27.5 Å². The molecule has 1 atom stereocenters. The number of azo groups is 1. The number of nitrogens with two attached hydrogens (primary N) is 2. The maximum atomic E-state index is 12.9. The summed E-state index contributed by atoms with van der Waals surface area (Å²) in [4.78, 5) is 41.8. The van der Waals surface area contributed by atoms with Crippen LogP contribution in [0.2, 0.25) is 0 Å². The minimum Gasteiger partial charge on any atom is -0.471 e. The zero-order chi connectivity index (χ0) is 35.1. The van der Waals surface area contributed by atoms with E-state index in [0.29, 0.717) is 39.5 Å². The van der Waals surface area contributed by atoms with Crippen molar-refractivity contribution in [3.05, 3.63) is 95.3 Å². The van der Waals surface area contributed by atoms with Crippen LogP contribution in [0.3, 0.4) is 0 Å². The number of carbonyl (C=O) groups is 2. The summed E-state index contributed by atoms with van der Waals surface area (Å²) in [6.07, 6.45) is -4.50. The van der Waals surface area contributed by atoms with Gasteiger partial charge in [-0.1, -0.05) is 24.3 Å². The van der Waals surface area contributed by atoms with E-state index in [9.17, 15) is 22.8 Å². The lowest BCUT2D eigenvalue weighted by molar-refractivity contribution is -0.173. The third kappa shape index (κ3) is 9.13. The number of aromatic amines is 1. The molecule has 0 aliphatic heterocycles. The second kappa shape index (κ2) is 14.9. The summed E-state index contributed by atoms with van der Waals surface area (Å²) in [7, 11) is 3.92. The van der Waals surface area contributed by atoms with Crippen LogP contribution in [0.15, 0.2) is 83.0 Å². The lowest BCUT2D eigenvalue weighted by Crippen LogP contribution is -2.36. The number of nitrogens with one attached hydrogen (secondary N) is 2. The topological polar surface area (TPSA) is 190 Å². The monoisotopic (exact) mass is 674 g/mol. The highest BCUT2D eigenvalue weighted by molar-refractivity contribution is 5.96. The van der Waals surface area contributed by atoms with Crippen molar-refractivity contribution in [3.63, 3.8) is 0 Å². The first-order valence-corrected chi connectivity index (χ1v) is 15.0. The maximum absolute atomic E-state index is 12.9. The Hall–Kier alpha value is -5.90. The summed E-state index contributed by atoms with van der Waals surface area (Å²) >= 11 is 0. The molecule has 6 N–H and O–H groups in total. The number of carbonyl (C=O) groups excluding carboxylic acids is 2. The molecule has 5 rings (SSSR count). The Bertz CT molecular complexity index is 1940. The summed E-state index contributed by atoms with van der Waals surface area (Å²) in [6.45, 7) is -0.245. The van der Waals surface area contributed by atoms with Gasteiger partial charge >= 0.3 is 12.1 Å². The molecule has 254 valence electrons. The van der Waals surface area contributed by atoms with Gasteiger partial charge in [0.1, 0.15) is 12.4 Å². The Balaban J connectivity index is 1.15. The number of halogens is 3. The molecule has 2 aromatic heterocycles. The highest BCUT2D eigenvalue weighted by Crippen LogP contribution is 2.26. The SMILES string of the molecule is CN(C)c1ccc(N=Nc2ccc(C(=O)CCC(N)c3nc4c(OCc5ccc(CNC(=O)C(F)(F)F)cc5)nc(N)nc4[nH]3)cc2)cc1. The third-order valence-electron chi connectivity index (χ3n) is 7.33. The van der Waals surface area contributed by atoms with E-state index >= 15 is 0 Å². The van der Waals surface area contributed by atoms with Crippen LogP contribution in [0.4, 0.5) is 36.2 Å². The highest BCUT2D eigenvalue weighted by Gasteiger charge is 2.38. The number of Topliss-reactive ketones (excluding diaryl/α,β-unsaturated/α-hetero) is 1. The number of benzene rings is 3. The molecule has 2 heterocycles. The number of hydrogen-bond donors (Lipinski definition) is 4. The number of hydrogen-bond acceptors (Lipinski definition) is 11. The average Bonchev–Trinajstić information content (AvgIpc) is 3.52. The zero-order valence-electron chi connectivity index (χ0n) is 26.5. The molecule has 3 aromatic carbocycles. The van der Waals surface area contributed by atoms with Gasteiger partial charge in [-0.05, 0) is 66.1 Å². The van der Waals surface area contributed by atoms with Gasteiger partial charge in [0.15, 0.2) is 16.9 Å². The largest absolute Gasteiger partial charge is 0.471 e. The third-order valence-corrected chi connectivity index (χ3v) is 7.33. The van der Waals surface area contributed by atoms with Gasteiger partial charge < -0.3 is 31.4 Å². The number of alkyl halides is 3. The first kappa shape index (κ1) is 34.4. The summed E-state index contributed by atoms with van der Waals surface area (Å²) in [5.74, 6) is -1.72. The van der Waals surface area contributed by atoms with E-state index in [2.05, 4.69) is 30.2 Å². The van der Waals surface area contributed by atoms with Gasteiger partial charge in [0.05, 0.1) is 17.4 Å². The second-order valence-electron chi connectivity index (χ2n) is 11.2. The van der Waals surface area contributed by atoms with Crippen LogP contribution in [0.1, 0.15) is 46.2 Å². The minimum absolute atomic E-state index is 0.0352. The number of nitrogen functional groups attached to an aromatic ring is 1. The normalized spacial score (nSPS) is 12.3. The molecule has 0 saturated carbocycles. The molecule has 0 bridgehead atoms. The van der Waals surface area contributed by atoms with E-state index in [1.165, 1.54) is 0 Å². The first-order valence-electron chi connectivity index (χ1n) is 15.0. The van der Waals surface area contributed by atoms with Crippen molar-refractivity contribution in [1.82, 2.24) is 25.3 Å². The smallest absolute Gasteiger partial charge is 0.471 e. The fourth-order valence-corrected chi connectivity index (χ4v) is 4.59. The molecule has 0 spiro atoms. The molecule has 0 aliphatic carbocycles. The molecule has 0 fully saturated rings. The highest BCUT2D eigenvalue weighted by atomic mass is 19.4. The molecule has 0 saturated heterocycles. The Labute approximate surface area is 278 Å². The Morgan fingerprint density at radius 2 is 1.53 bits per heavy atom. The minimum atomic E-state index is -4.95. The standard InChI is InChI=1S/C33H33F3N10O3/c1-46(2)24-13-11-23(12-14-24)45-44-22-9-7-21(8-10-22)26(47)16-15-25(37)28-40-27-29(41-28)42-32(38)43-30(27)49-18-20-5-3-19(4-6-20)17-39-31(48)33(34,35)36/h3-14,25H,15-18,37H2,1-2H3,(H,39,48)(H3,38,40,41,42,43). The van der Waals surface area contributed by atoms with Gasteiger partial charge in [0.25, 0.3) is 0 Å². The van der Waals surface area contributed by atoms with Crippen molar-refractivity contribution in [2.45, 2.75) is 38.2 Å². The van der Waals surface area contributed by atoms with E-state index < -0.39 is 18.1 Å². The van der Waals surface area contributed by atoms with Crippen LogP contribution >= 0.6 is 0 Å². The Morgan fingerprint density at radius 1 is 0.918 bits per heavy atom. The molecular formula is C33H33F3N10O3. The number of H-pyrrole nitrogens is 1. The Morgan fingerprint density at radius 3 is 2.14 bits per heavy atom. The Kier molecular flexibility index (Phi) is 10.5. The van der Waals surface area contributed by atoms with Crippen LogP contribution < -0.4 is 26.4 Å². The van der Waals surface area contributed by atoms with E-state index in [0.717, 1.165) is 5.69 Å². The van der Waals surface area contributed by atoms with E-state index in [-0.39, 0.29) is 49.1 Å². The summed E-state index contributed by atoms with van der Waals surface area (Å²) in [6, 6.07) is 20.3. The molecule has 5 aromatic rings. The van der Waals surface area contributed by atoms with Gasteiger partial charge in [-0.25, -0.2) is 4.98 Å². The predicted octanol–water partition coefficient (Wildman–Crippen LogP) is 5.84. The number of nitrogens with zero attached hydrogens (tertiary/aromatic N) is 6. The lowest BCUT2D eigenvalue weighted by Gasteiger charge is -2.11. The van der Waals surface area contributed by atoms with Crippen LogP contribution in [-0.2, 0) is 17.9 Å². The summed E-state index contributed by atoms with van der Waals surface area (Å²) in [5, 5.41) is 10.3. The van der Waals surface area contributed by atoms with Crippen molar-refractivity contribution >= 4 is 45.9 Å². The molecule has 13 nitrogen and oxygen atoms in total. The lowest BCUT2D eigenvalue weighted by atomic mass is 10.0. The molecule has 16 heteroatoms. The molecule has 0 radical (unpaired) electrons. The van der Waals surface area contributed by atoms with Crippen molar-refractivity contribution in [1.29, 1.82) is 0 Å².